The van der Waals surface area contributed by atoms with Gasteiger partial charge >= 0.3 is 5.76 Å². The van der Waals surface area contributed by atoms with Crippen LogP contribution in [0, 0.1) is 0 Å². The standard InChI is InChI=1S/C23H23Cl2N3O4/c24-17-7-5-16(18(25)15-17)6-8-21(29)27-13-11-26(12-14-27)10-9-22(30)28-19-3-1-2-4-20(19)32-23(28)31/h1-5,7,15H,6,8-14H2. The number of oxazole rings is 1. The summed E-state index contributed by atoms with van der Waals surface area (Å²) in [4.78, 5) is 41.2. The average molecular weight is 476 g/mol. The molecule has 0 spiro atoms. The number of para-hydroxylation sites is 2. The zero-order chi connectivity index (χ0) is 22.7. The lowest BCUT2D eigenvalue weighted by atomic mass is 10.1. The van der Waals surface area contributed by atoms with Crippen molar-refractivity contribution in [3.63, 3.8) is 0 Å². The van der Waals surface area contributed by atoms with Crippen molar-refractivity contribution in [2.45, 2.75) is 19.3 Å². The molecule has 2 aromatic carbocycles. The Morgan fingerprint density at radius 1 is 0.938 bits per heavy atom. The van der Waals surface area contributed by atoms with E-state index in [9.17, 15) is 14.4 Å². The van der Waals surface area contributed by atoms with Gasteiger partial charge in [-0.1, -0.05) is 41.4 Å². The lowest BCUT2D eigenvalue weighted by Gasteiger charge is -2.34. The highest BCUT2D eigenvalue weighted by Gasteiger charge is 2.22. The predicted octanol–water partition coefficient (Wildman–Crippen LogP) is 3.71. The van der Waals surface area contributed by atoms with Gasteiger partial charge in [0.15, 0.2) is 5.58 Å². The van der Waals surface area contributed by atoms with Crippen molar-refractivity contribution in [1.82, 2.24) is 14.4 Å². The van der Waals surface area contributed by atoms with Crippen LogP contribution >= 0.6 is 23.2 Å². The fourth-order valence-corrected chi connectivity index (χ4v) is 4.42. The van der Waals surface area contributed by atoms with Crippen molar-refractivity contribution in [2.24, 2.45) is 0 Å². The molecule has 168 valence electrons. The second-order valence-corrected chi connectivity index (χ2v) is 8.62. The maximum Gasteiger partial charge on any atom is 0.426 e. The summed E-state index contributed by atoms with van der Waals surface area (Å²) < 4.78 is 6.23. The fourth-order valence-electron chi connectivity index (χ4n) is 3.91. The largest absolute Gasteiger partial charge is 0.426 e. The molecule has 1 aliphatic heterocycles. The van der Waals surface area contributed by atoms with Crippen LogP contribution < -0.4 is 5.76 Å². The second kappa shape index (κ2) is 9.90. The third kappa shape index (κ3) is 5.06. The fraction of sp³-hybridized carbons (Fsp3) is 0.348. The number of halogens is 2. The number of fused-ring (bicyclic) bond motifs is 1. The Labute approximate surface area is 195 Å². The minimum Gasteiger partial charge on any atom is -0.407 e. The summed E-state index contributed by atoms with van der Waals surface area (Å²) in [5.41, 5.74) is 1.79. The normalized spacial score (nSPS) is 14.8. The second-order valence-electron chi connectivity index (χ2n) is 7.77. The first-order valence-corrected chi connectivity index (χ1v) is 11.3. The molecule has 0 atom stereocenters. The predicted molar refractivity (Wildman–Crippen MR) is 124 cm³/mol. The highest BCUT2D eigenvalue weighted by atomic mass is 35.5. The Bertz CT molecular complexity index is 1200. The summed E-state index contributed by atoms with van der Waals surface area (Å²) in [7, 11) is 0. The average Bonchev–Trinajstić information content (AvgIpc) is 3.12. The SMILES string of the molecule is O=C(CCc1ccc(Cl)cc1Cl)N1CCN(CCC(=O)n2c(=O)oc3ccccc32)CC1. The number of carbonyl (C=O) groups is 2. The van der Waals surface area contributed by atoms with E-state index in [0.717, 1.165) is 10.1 Å². The maximum absolute atomic E-state index is 12.6. The van der Waals surface area contributed by atoms with Gasteiger partial charge in [-0.25, -0.2) is 9.36 Å². The van der Waals surface area contributed by atoms with Crippen LogP contribution in [0.25, 0.3) is 11.1 Å². The molecule has 1 fully saturated rings. The number of piperazine rings is 1. The summed E-state index contributed by atoms with van der Waals surface area (Å²) in [5.74, 6) is -0.867. The number of hydrogen-bond donors (Lipinski definition) is 0. The zero-order valence-electron chi connectivity index (χ0n) is 17.4. The number of carbonyl (C=O) groups excluding carboxylic acids is 2. The Hall–Kier alpha value is -2.61. The van der Waals surface area contributed by atoms with E-state index < -0.39 is 5.76 Å². The summed E-state index contributed by atoms with van der Waals surface area (Å²) >= 11 is 12.1. The van der Waals surface area contributed by atoms with Gasteiger partial charge in [0.25, 0.3) is 0 Å². The highest BCUT2D eigenvalue weighted by molar-refractivity contribution is 6.35. The van der Waals surface area contributed by atoms with Gasteiger partial charge in [-0.15, -0.1) is 0 Å². The molecule has 4 rings (SSSR count). The van der Waals surface area contributed by atoms with Gasteiger partial charge < -0.3 is 9.32 Å². The van der Waals surface area contributed by atoms with Gasteiger partial charge in [-0.2, -0.15) is 0 Å². The van der Waals surface area contributed by atoms with E-state index in [-0.39, 0.29) is 18.2 Å². The summed E-state index contributed by atoms with van der Waals surface area (Å²) in [6.07, 6.45) is 1.15. The molecule has 32 heavy (non-hydrogen) atoms. The number of aromatic nitrogens is 1. The number of rotatable bonds is 6. The molecular weight excluding hydrogens is 453 g/mol. The number of hydrogen-bond acceptors (Lipinski definition) is 5. The van der Waals surface area contributed by atoms with Crippen LogP contribution in [0.3, 0.4) is 0 Å². The van der Waals surface area contributed by atoms with E-state index >= 15 is 0 Å². The van der Waals surface area contributed by atoms with Gasteiger partial charge in [0, 0.05) is 55.6 Å². The first-order valence-electron chi connectivity index (χ1n) is 10.5. The molecule has 0 aliphatic carbocycles. The lowest BCUT2D eigenvalue weighted by molar-refractivity contribution is -0.132. The number of benzene rings is 2. The Balaban J connectivity index is 1.25. The van der Waals surface area contributed by atoms with E-state index in [4.69, 9.17) is 27.6 Å². The van der Waals surface area contributed by atoms with E-state index in [2.05, 4.69) is 4.90 Å². The van der Waals surface area contributed by atoms with Crippen LogP contribution in [-0.4, -0.2) is 58.9 Å². The highest BCUT2D eigenvalue weighted by Crippen LogP contribution is 2.22. The monoisotopic (exact) mass is 475 g/mol. The van der Waals surface area contributed by atoms with Gasteiger partial charge in [0.2, 0.25) is 11.8 Å². The van der Waals surface area contributed by atoms with Crippen molar-refractivity contribution in [2.75, 3.05) is 32.7 Å². The van der Waals surface area contributed by atoms with Crippen molar-refractivity contribution in [1.29, 1.82) is 0 Å². The molecule has 0 N–H and O–H groups in total. The summed E-state index contributed by atoms with van der Waals surface area (Å²) in [6.45, 7) is 3.10. The molecule has 1 saturated heterocycles. The first-order chi connectivity index (χ1) is 15.4. The van der Waals surface area contributed by atoms with E-state index in [1.807, 2.05) is 11.0 Å². The van der Waals surface area contributed by atoms with Crippen LogP contribution in [-0.2, 0) is 11.2 Å². The van der Waals surface area contributed by atoms with Gasteiger partial charge in [-0.05, 0) is 36.2 Å². The maximum atomic E-state index is 12.6. The van der Waals surface area contributed by atoms with Crippen LogP contribution in [0.1, 0.15) is 23.2 Å². The molecule has 0 saturated carbocycles. The van der Waals surface area contributed by atoms with E-state index in [0.29, 0.717) is 66.7 Å². The Morgan fingerprint density at radius 2 is 1.69 bits per heavy atom. The number of aryl methyl sites for hydroxylation is 1. The van der Waals surface area contributed by atoms with E-state index in [1.165, 1.54) is 0 Å². The van der Waals surface area contributed by atoms with Crippen molar-refractivity contribution in [3.8, 4) is 0 Å². The third-order valence-corrected chi connectivity index (χ3v) is 6.31. The smallest absolute Gasteiger partial charge is 0.407 e. The quantitative estimate of drug-likeness (QED) is 0.543. The van der Waals surface area contributed by atoms with Crippen molar-refractivity contribution in [3.05, 3.63) is 68.6 Å². The molecule has 0 bridgehead atoms. The minimum atomic E-state index is -0.660. The van der Waals surface area contributed by atoms with Crippen molar-refractivity contribution < 1.29 is 14.0 Å². The van der Waals surface area contributed by atoms with Crippen molar-refractivity contribution >= 4 is 46.1 Å². The third-order valence-electron chi connectivity index (χ3n) is 5.73. The topological polar surface area (TPSA) is 75.8 Å². The Kier molecular flexibility index (Phi) is 6.98. The first kappa shape index (κ1) is 22.6. The minimum absolute atomic E-state index is 0.0863. The molecular formula is C23H23Cl2N3O4. The number of nitrogens with zero attached hydrogens (tertiary/aromatic N) is 3. The lowest BCUT2D eigenvalue weighted by Crippen LogP contribution is -2.49. The van der Waals surface area contributed by atoms with Gasteiger partial charge in [0.1, 0.15) is 0 Å². The summed E-state index contributed by atoms with van der Waals surface area (Å²) in [6, 6.07) is 12.2. The number of amides is 1. The Morgan fingerprint density at radius 3 is 2.44 bits per heavy atom. The molecule has 3 aromatic rings. The van der Waals surface area contributed by atoms with E-state index in [1.54, 1.807) is 36.4 Å². The molecule has 0 radical (unpaired) electrons. The molecule has 7 nitrogen and oxygen atoms in total. The zero-order valence-corrected chi connectivity index (χ0v) is 18.9. The molecule has 1 aromatic heterocycles. The molecule has 0 unspecified atom stereocenters. The summed E-state index contributed by atoms with van der Waals surface area (Å²) in [5, 5.41) is 1.15. The molecule has 9 heteroatoms. The van der Waals surface area contributed by atoms with Crippen LogP contribution in [0.15, 0.2) is 51.7 Å². The molecule has 1 amide bonds. The van der Waals surface area contributed by atoms with Gasteiger partial charge in [-0.3, -0.25) is 14.5 Å². The van der Waals surface area contributed by atoms with Gasteiger partial charge in [0.05, 0.1) is 5.52 Å². The molecule has 2 heterocycles. The van der Waals surface area contributed by atoms with Crippen LogP contribution in [0.2, 0.25) is 10.0 Å². The molecule has 1 aliphatic rings. The van der Waals surface area contributed by atoms with Crippen LogP contribution in [0.4, 0.5) is 0 Å². The van der Waals surface area contributed by atoms with Crippen LogP contribution in [0.5, 0.6) is 0 Å².